The van der Waals surface area contributed by atoms with Crippen molar-refractivity contribution in [2.45, 2.75) is 4.90 Å². The Morgan fingerprint density at radius 3 is 2.18 bits per heavy atom. The Morgan fingerprint density at radius 2 is 1.55 bits per heavy atom. The number of carbonyl (C=O) groups excluding carboxylic acids is 1. The Balaban J connectivity index is 2.13. The molecule has 4 aromatic rings. The number of carboxylic acid groups (broad SMARTS) is 1. The first-order valence-corrected chi connectivity index (χ1v) is 11.2. The van der Waals surface area contributed by atoms with Gasteiger partial charge in [-0.2, -0.15) is 0 Å². The summed E-state index contributed by atoms with van der Waals surface area (Å²) in [6, 6.07) is 18.0. The van der Waals surface area contributed by atoms with Gasteiger partial charge in [-0.3, -0.25) is 4.79 Å². The van der Waals surface area contributed by atoms with E-state index in [0.29, 0.717) is 5.75 Å². The van der Waals surface area contributed by atoms with E-state index in [4.69, 9.17) is 9.47 Å². The summed E-state index contributed by atoms with van der Waals surface area (Å²) < 4.78 is 38.6. The molecule has 0 aliphatic carbocycles. The van der Waals surface area contributed by atoms with Crippen molar-refractivity contribution in [2.24, 2.45) is 0 Å². The summed E-state index contributed by atoms with van der Waals surface area (Å²) in [7, 11) is -1.57. The van der Waals surface area contributed by atoms with Gasteiger partial charge in [0.1, 0.15) is 17.2 Å². The van der Waals surface area contributed by atoms with Crippen LogP contribution in [0.15, 0.2) is 77.7 Å². The van der Waals surface area contributed by atoms with E-state index in [0.717, 1.165) is 3.97 Å². The van der Waals surface area contributed by atoms with Crippen LogP contribution in [0.25, 0.3) is 10.9 Å². The minimum atomic E-state index is -4.34. The molecule has 1 N–H and O–H groups in total. The zero-order chi connectivity index (χ0) is 23.8. The van der Waals surface area contributed by atoms with E-state index in [2.05, 4.69) is 0 Å². The first-order valence-electron chi connectivity index (χ1n) is 9.75. The number of carboxylic acids is 1. The standard InChI is InChI=1S/C24H19NO7S/c1-31-15-12-13-20(32-2)18(14-15)23(26)22-21(24(27)28)17-10-6-7-11-19(17)25(22)33(29,30)16-8-4-3-5-9-16/h3-14H,1-2H3,(H,27,28). The molecular formula is C24H19NO7S. The van der Waals surface area contributed by atoms with Crippen LogP contribution in [0.4, 0.5) is 0 Å². The molecule has 4 rings (SSSR count). The van der Waals surface area contributed by atoms with Crippen LogP contribution in [-0.2, 0) is 10.0 Å². The molecule has 1 aromatic heterocycles. The van der Waals surface area contributed by atoms with Gasteiger partial charge >= 0.3 is 5.97 Å². The number of ketones is 1. The number of aromatic nitrogens is 1. The van der Waals surface area contributed by atoms with Gasteiger partial charge in [-0.15, -0.1) is 0 Å². The summed E-state index contributed by atoms with van der Waals surface area (Å²) in [4.78, 5) is 26.0. The molecular weight excluding hydrogens is 446 g/mol. The van der Waals surface area contributed by atoms with Crippen molar-refractivity contribution in [1.82, 2.24) is 3.97 Å². The van der Waals surface area contributed by atoms with E-state index in [-0.39, 0.29) is 27.1 Å². The number of carbonyl (C=O) groups is 2. The number of hydrogen-bond donors (Lipinski definition) is 1. The van der Waals surface area contributed by atoms with Crippen LogP contribution in [0.1, 0.15) is 26.4 Å². The number of hydrogen-bond acceptors (Lipinski definition) is 6. The highest BCUT2D eigenvalue weighted by Crippen LogP contribution is 2.34. The van der Waals surface area contributed by atoms with Gasteiger partial charge in [0, 0.05) is 5.39 Å². The van der Waals surface area contributed by atoms with Gasteiger partial charge in [0.05, 0.1) is 35.8 Å². The average molecular weight is 465 g/mol. The SMILES string of the molecule is COc1ccc(OC)c(C(=O)c2c(C(=O)O)c3ccccc3n2S(=O)(=O)c2ccccc2)c1. The van der Waals surface area contributed by atoms with Gasteiger partial charge in [0.25, 0.3) is 10.0 Å². The highest BCUT2D eigenvalue weighted by atomic mass is 32.2. The zero-order valence-electron chi connectivity index (χ0n) is 17.7. The Morgan fingerprint density at radius 1 is 0.879 bits per heavy atom. The molecule has 0 bridgehead atoms. The van der Waals surface area contributed by atoms with Gasteiger partial charge in [-0.1, -0.05) is 36.4 Å². The molecule has 0 saturated heterocycles. The topological polar surface area (TPSA) is 112 Å². The lowest BCUT2D eigenvalue weighted by molar-refractivity contribution is 0.0694. The van der Waals surface area contributed by atoms with Gasteiger partial charge in [-0.25, -0.2) is 17.2 Å². The van der Waals surface area contributed by atoms with Gasteiger partial charge < -0.3 is 14.6 Å². The summed E-state index contributed by atoms with van der Waals surface area (Å²) in [5, 5.41) is 10.1. The minimum Gasteiger partial charge on any atom is -0.497 e. The second-order valence-corrected chi connectivity index (χ2v) is 8.81. The van der Waals surface area contributed by atoms with Crippen molar-refractivity contribution in [3.63, 3.8) is 0 Å². The third-order valence-corrected chi connectivity index (χ3v) is 6.92. The molecule has 0 atom stereocenters. The molecule has 0 unspecified atom stereocenters. The monoisotopic (exact) mass is 465 g/mol. The normalized spacial score (nSPS) is 11.3. The molecule has 3 aromatic carbocycles. The summed E-state index contributed by atoms with van der Waals surface area (Å²) in [6.45, 7) is 0. The lowest BCUT2D eigenvalue weighted by Crippen LogP contribution is -2.21. The molecule has 0 saturated carbocycles. The van der Waals surface area contributed by atoms with Crippen LogP contribution in [0, 0.1) is 0 Å². The molecule has 0 aliphatic rings. The van der Waals surface area contributed by atoms with Crippen molar-refractivity contribution in [1.29, 1.82) is 0 Å². The number of fused-ring (bicyclic) bond motifs is 1. The maximum Gasteiger partial charge on any atom is 0.338 e. The lowest BCUT2D eigenvalue weighted by Gasteiger charge is -2.14. The summed E-state index contributed by atoms with van der Waals surface area (Å²) in [5.74, 6) is -1.80. The Labute approximate surface area is 189 Å². The van der Waals surface area contributed by atoms with Crippen LogP contribution in [-0.4, -0.2) is 43.5 Å². The second kappa shape index (κ2) is 8.44. The molecule has 9 heteroatoms. The first kappa shape index (κ1) is 22.1. The zero-order valence-corrected chi connectivity index (χ0v) is 18.5. The van der Waals surface area contributed by atoms with Crippen LogP contribution in [0.3, 0.4) is 0 Å². The Kier molecular flexibility index (Phi) is 5.65. The fourth-order valence-electron chi connectivity index (χ4n) is 3.70. The number of nitrogens with zero attached hydrogens (tertiary/aromatic N) is 1. The molecule has 1 heterocycles. The lowest BCUT2D eigenvalue weighted by atomic mass is 10.0. The first-order chi connectivity index (χ1) is 15.8. The van der Waals surface area contributed by atoms with E-state index in [9.17, 15) is 23.1 Å². The molecule has 0 amide bonds. The second-order valence-electron chi connectivity index (χ2n) is 7.02. The van der Waals surface area contributed by atoms with E-state index < -0.39 is 33.0 Å². The third kappa shape index (κ3) is 3.62. The van der Waals surface area contributed by atoms with E-state index in [1.165, 1.54) is 50.6 Å². The molecule has 0 radical (unpaired) electrons. The fourth-order valence-corrected chi connectivity index (χ4v) is 5.25. The highest BCUT2D eigenvalue weighted by molar-refractivity contribution is 7.90. The van der Waals surface area contributed by atoms with Crippen LogP contribution < -0.4 is 9.47 Å². The third-order valence-electron chi connectivity index (χ3n) is 5.19. The summed E-state index contributed by atoms with van der Waals surface area (Å²) in [5.41, 5.74) is -0.880. The summed E-state index contributed by atoms with van der Waals surface area (Å²) >= 11 is 0. The van der Waals surface area contributed by atoms with E-state index >= 15 is 0 Å². The van der Waals surface area contributed by atoms with E-state index in [1.54, 1.807) is 36.4 Å². The fraction of sp³-hybridized carbons (Fsp3) is 0.0833. The highest BCUT2D eigenvalue weighted by Gasteiger charge is 2.34. The molecule has 0 spiro atoms. The maximum absolute atomic E-state index is 13.8. The van der Waals surface area contributed by atoms with Gasteiger partial charge in [0.2, 0.25) is 5.78 Å². The van der Waals surface area contributed by atoms with Crippen molar-refractivity contribution in [3.8, 4) is 11.5 Å². The van der Waals surface area contributed by atoms with Crippen molar-refractivity contribution in [2.75, 3.05) is 14.2 Å². The van der Waals surface area contributed by atoms with Crippen LogP contribution in [0.5, 0.6) is 11.5 Å². The molecule has 168 valence electrons. The van der Waals surface area contributed by atoms with Gasteiger partial charge in [-0.05, 0) is 36.4 Å². The molecule has 8 nitrogen and oxygen atoms in total. The Hall–Kier alpha value is -4.11. The average Bonchev–Trinajstić information content (AvgIpc) is 3.20. The number of aromatic carboxylic acids is 1. The molecule has 0 aliphatic heterocycles. The van der Waals surface area contributed by atoms with Gasteiger partial charge in [0.15, 0.2) is 0 Å². The number of methoxy groups -OCH3 is 2. The number of ether oxygens (including phenoxy) is 2. The van der Waals surface area contributed by atoms with Crippen molar-refractivity contribution >= 4 is 32.7 Å². The summed E-state index contributed by atoms with van der Waals surface area (Å²) in [6.07, 6.45) is 0. The maximum atomic E-state index is 13.8. The van der Waals surface area contributed by atoms with Crippen molar-refractivity contribution in [3.05, 3.63) is 89.6 Å². The minimum absolute atomic E-state index is 0.0355. The predicted molar refractivity (Wildman–Crippen MR) is 121 cm³/mol. The largest absolute Gasteiger partial charge is 0.497 e. The predicted octanol–water partition coefficient (Wildman–Crippen LogP) is 3.82. The quantitative estimate of drug-likeness (QED) is 0.413. The van der Waals surface area contributed by atoms with Crippen LogP contribution in [0.2, 0.25) is 0 Å². The van der Waals surface area contributed by atoms with Crippen molar-refractivity contribution < 1.29 is 32.6 Å². The van der Waals surface area contributed by atoms with Crippen LogP contribution >= 0.6 is 0 Å². The molecule has 0 fully saturated rings. The number of benzene rings is 3. The molecule has 33 heavy (non-hydrogen) atoms. The number of para-hydroxylation sites is 1. The Bertz CT molecular complexity index is 1490. The van der Waals surface area contributed by atoms with E-state index in [1.807, 2.05) is 0 Å². The number of rotatable bonds is 7. The smallest absolute Gasteiger partial charge is 0.338 e.